The Morgan fingerprint density at radius 3 is 1.65 bits per heavy atom. The standard InChI is InChI=1S/2C10H13.C2H4.Zr/c2*1-8-6-9-4-2-3-5-10(9)7-8;1-2;/h2*6-7H,2-5H2,1H3;1H,2H3;. The average Bonchev–Trinajstić information content (AvgIpc) is 3.06. The van der Waals surface area contributed by atoms with E-state index in [0.717, 1.165) is 7.25 Å². The van der Waals surface area contributed by atoms with Gasteiger partial charge in [-0.05, 0) is 0 Å². The summed E-state index contributed by atoms with van der Waals surface area (Å²) in [6.07, 6.45) is 16.4. The van der Waals surface area contributed by atoms with E-state index in [1.807, 2.05) is 11.1 Å². The molecule has 0 fully saturated rings. The Bertz CT molecular complexity index is 625. The molecule has 122 valence electrons. The molecule has 0 radical (unpaired) electrons. The van der Waals surface area contributed by atoms with Gasteiger partial charge in [0.1, 0.15) is 0 Å². The predicted molar refractivity (Wildman–Crippen MR) is 97.7 cm³/mol. The number of allylic oxidation sites excluding steroid dienone is 8. The molecule has 0 aliphatic heterocycles. The molecule has 4 aliphatic rings. The molecule has 0 N–H and O–H groups in total. The van der Waals surface area contributed by atoms with Crippen molar-refractivity contribution in [2.45, 2.75) is 79.4 Å². The quantitative estimate of drug-likeness (QED) is 0.498. The second-order valence-corrected chi connectivity index (χ2v) is 14.7. The number of rotatable bonds is 2. The summed E-state index contributed by atoms with van der Waals surface area (Å²) in [6, 6.07) is 0. The molecule has 0 bridgehead atoms. The van der Waals surface area contributed by atoms with Crippen molar-refractivity contribution in [1.29, 1.82) is 0 Å². The van der Waals surface area contributed by atoms with Crippen molar-refractivity contribution >= 4 is 3.71 Å². The Labute approximate surface area is 149 Å². The first-order valence-corrected chi connectivity index (χ1v) is 13.9. The van der Waals surface area contributed by atoms with Gasteiger partial charge in [0.05, 0.1) is 0 Å². The molecule has 23 heavy (non-hydrogen) atoms. The normalized spacial score (nSPS) is 30.0. The second-order valence-electron chi connectivity index (χ2n) is 7.95. The zero-order chi connectivity index (χ0) is 16.0. The van der Waals surface area contributed by atoms with Gasteiger partial charge in [0.25, 0.3) is 0 Å². The molecule has 2 atom stereocenters. The van der Waals surface area contributed by atoms with E-state index in [4.69, 9.17) is 0 Å². The van der Waals surface area contributed by atoms with Gasteiger partial charge >= 0.3 is 150 Å². The molecule has 2 unspecified atom stereocenters. The van der Waals surface area contributed by atoms with Gasteiger partial charge in [-0.3, -0.25) is 0 Å². The molecule has 0 amide bonds. The molecule has 0 nitrogen and oxygen atoms in total. The molecule has 4 aliphatic carbocycles. The van der Waals surface area contributed by atoms with Gasteiger partial charge < -0.3 is 0 Å². The summed E-state index contributed by atoms with van der Waals surface area (Å²) in [5.41, 5.74) is 10.7. The van der Waals surface area contributed by atoms with E-state index in [1.54, 1.807) is 22.3 Å². The summed E-state index contributed by atoms with van der Waals surface area (Å²) in [6.45, 7) is 7.28. The Morgan fingerprint density at radius 1 is 0.783 bits per heavy atom. The minimum absolute atomic E-state index is 0.889. The van der Waals surface area contributed by atoms with Crippen LogP contribution in [0.2, 0.25) is 7.25 Å². The first-order chi connectivity index (χ1) is 11.2. The van der Waals surface area contributed by atoms with E-state index in [0.29, 0.717) is 0 Å². The van der Waals surface area contributed by atoms with E-state index >= 15 is 0 Å². The van der Waals surface area contributed by atoms with Crippen molar-refractivity contribution in [2.75, 3.05) is 0 Å². The first kappa shape index (κ1) is 16.2. The fraction of sp³-hybridized carbons (Fsp3) is 0.591. The molecule has 0 aromatic heterocycles. The summed E-state index contributed by atoms with van der Waals surface area (Å²) >= 11 is -1.70. The summed E-state index contributed by atoms with van der Waals surface area (Å²) in [4.78, 5) is 0. The first-order valence-electron chi connectivity index (χ1n) is 9.67. The molecule has 4 rings (SSSR count). The van der Waals surface area contributed by atoms with Crippen LogP contribution in [0.3, 0.4) is 0 Å². The van der Waals surface area contributed by atoms with Gasteiger partial charge in [-0.15, -0.1) is 0 Å². The Hall–Kier alpha value is -0.287. The van der Waals surface area contributed by atoms with E-state index in [-0.39, 0.29) is 0 Å². The molecule has 0 aromatic rings. The van der Waals surface area contributed by atoms with E-state index < -0.39 is 21.3 Å². The van der Waals surface area contributed by atoms with Crippen LogP contribution in [0, 0.1) is 0 Å². The van der Waals surface area contributed by atoms with Crippen LogP contribution in [0.5, 0.6) is 0 Å². The molecule has 0 spiro atoms. The van der Waals surface area contributed by atoms with Crippen molar-refractivity contribution in [2.24, 2.45) is 0 Å². The third-order valence-corrected chi connectivity index (χ3v) is 15.4. The van der Waals surface area contributed by atoms with E-state index in [1.165, 1.54) is 51.4 Å². The van der Waals surface area contributed by atoms with Gasteiger partial charge in [-0.25, -0.2) is 0 Å². The van der Waals surface area contributed by atoms with Gasteiger partial charge in [0, 0.05) is 0 Å². The van der Waals surface area contributed by atoms with Crippen LogP contribution in [0.1, 0.15) is 72.1 Å². The monoisotopic (exact) mass is 384 g/mol. The fourth-order valence-electron chi connectivity index (χ4n) is 5.59. The number of hydrogen-bond donors (Lipinski definition) is 0. The Kier molecular flexibility index (Phi) is 4.61. The van der Waals surface area contributed by atoms with Gasteiger partial charge in [-0.1, -0.05) is 0 Å². The van der Waals surface area contributed by atoms with Crippen molar-refractivity contribution in [1.82, 2.24) is 0 Å². The summed E-state index contributed by atoms with van der Waals surface area (Å²) in [5.74, 6) is 0. The van der Waals surface area contributed by atoms with Crippen molar-refractivity contribution < 1.29 is 21.3 Å². The summed E-state index contributed by atoms with van der Waals surface area (Å²) in [7, 11) is 0. The molecule has 0 heterocycles. The van der Waals surface area contributed by atoms with Crippen LogP contribution in [0.4, 0.5) is 0 Å². The minimum atomic E-state index is -1.70. The summed E-state index contributed by atoms with van der Waals surface area (Å²) in [5, 5.41) is 0. The zero-order valence-corrected chi connectivity index (χ0v) is 17.5. The SMILES string of the molecule is C[CH]=[Zr]([CH]1C(C)=CC2=C1CCCC2)[CH]1C(C)=CC2=C1CCCC2. The summed E-state index contributed by atoms with van der Waals surface area (Å²) < 4.78 is 4.51. The van der Waals surface area contributed by atoms with Crippen LogP contribution in [-0.2, 0) is 21.3 Å². The third-order valence-electron chi connectivity index (χ3n) is 6.52. The maximum atomic E-state index is 2.74. The topological polar surface area (TPSA) is 0 Å². The molecule has 1 heteroatoms. The molecule has 0 aromatic carbocycles. The van der Waals surface area contributed by atoms with Gasteiger partial charge in [-0.2, -0.15) is 0 Å². The predicted octanol–water partition coefficient (Wildman–Crippen LogP) is 6.66. The molecule has 0 saturated heterocycles. The van der Waals surface area contributed by atoms with Crippen molar-refractivity contribution in [3.8, 4) is 0 Å². The van der Waals surface area contributed by atoms with E-state index in [9.17, 15) is 0 Å². The van der Waals surface area contributed by atoms with Gasteiger partial charge in [0.15, 0.2) is 0 Å². The second kappa shape index (κ2) is 6.55. The average molecular weight is 386 g/mol. The van der Waals surface area contributed by atoms with Crippen LogP contribution < -0.4 is 0 Å². The van der Waals surface area contributed by atoms with Crippen molar-refractivity contribution in [3.05, 3.63) is 45.6 Å². The van der Waals surface area contributed by atoms with Crippen molar-refractivity contribution in [3.63, 3.8) is 0 Å². The van der Waals surface area contributed by atoms with E-state index in [2.05, 4.69) is 36.6 Å². The molecular formula is C22H30Zr. The van der Waals surface area contributed by atoms with Gasteiger partial charge in [0.2, 0.25) is 0 Å². The van der Waals surface area contributed by atoms with Crippen LogP contribution in [0.25, 0.3) is 0 Å². The Morgan fingerprint density at radius 2 is 1.22 bits per heavy atom. The van der Waals surface area contributed by atoms with Crippen LogP contribution >= 0.6 is 0 Å². The Balaban J connectivity index is 1.73. The molecular weight excluding hydrogens is 355 g/mol. The fourth-order valence-corrected chi connectivity index (χ4v) is 14.6. The molecule has 0 saturated carbocycles. The van der Waals surface area contributed by atoms with Crippen LogP contribution in [-0.4, -0.2) is 3.71 Å². The third kappa shape index (κ3) is 2.72. The maximum absolute atomic E-state index is 2.74. The van der Waals surface area contributed by atoms with Crippen LogP contribution in [0.15, 0.2) is 45.6 Å². The number of hydrogen-bond acceptors (Lipinski definition) is 0. The zero-order valence-electron chi connectivity index (χ0n) is 15.0.